The van der Waals surface area contributed by atoms with Gasteiger partial charge < -0.3 is 9.47 Å². The molecule has 3 aromatic rings. The first-order valence-electron chi connectivity index (χ1n) is 8.53. The summed E-state index contributed by atoms with van der Waals surface area (Å²) in [6.07, 6.45) is 4.83. The normalized spacial score (nSPS) is 16.7. The van der Waals surface area contributed by atoms with E-state index >= 15 is 0 Å². The van der Waals surface area contributed by atoms with Gasteiger partial charge in [0.25, 0.3) is 5.91 Å². The molecule has 0 aliphatic carbocycles. The maximum atomic E-state index is 13.0. The van der Waals surface area contributed by atoms with E-state index in [0.29, 0.717) is 28.0 Å². The van der Waals surface area contributed by atoms with E-state index in [2.05, 4.69) is 15.1 Å². The minimum absolute atomic E-state index is 0.00549. The van der Waals surface area contributed by atoms with Crippen molar-refractivity contribution in [3.63, 3.8) is 0 Å². The Hall–Kier alpha value is -2.23. The molecule has 1 aromatic carbocycles. The molecule has 1 fully saturated rings. The number of aromatic nitrogens is 4. The fourth-order valence-electron chi connectivity index (χ4n) is 3.04. The van der Waals surface area contributed by atoms with Crippen LogP contribution in [0.15, 0.2) is 24.8 Å². The zero-order chi connectivity index (χ0) is 18.8. The van der Waals surface area contributed by atoms with Crippen LogP contribution in [0.3, 0.4) is 0 Å². The number of thiazole rings is 1. The fourth-order valence-corrected chi connectivity index (χ4v) is 4.32. The average Bonchev–Trinajstić information content (AvgIpc) is 3.41. The number of amides is 1. The van der Waals surface area contributed by atoms with Gasteiger partial charge in [-0.25, -0.2) is 14.6 Å². The molecule has 1 saturated heterocycles. The standard InChI is InChI=1S/C17H18ClN5O3S/c1-25-13-5-4-12(18)16-15(13)21-17(27-16)23(7-11-3-2-6-26-11)14(24)8-22-10-19-9-20-22/h4-5,9-11H,2-3,6-8H2,1H3. The molecule has 142 valence electrons. The monoisotopic (exact) mass is 407 g/mol. The Bertz CT molecular complexity index is 940. The lowest BCUT2D eigenvalue weighted by Crippen LogP contribution is -2.39. The van der Waals surface area contributed by atoms with Crippen molar-refractivity contribution in [1.82, 2.24) is 19.7 Å². The maximum absolute atomic E-state index is 13.0. The van der Waals surface area contributed by atoms with Crippen LogP contribution in [0, 0.1) is 0 Å². The van der Waals surface area contributed by atoms with E-state index in [4.69, 9.17) is 21.1 Å². The number of rotatable bonds is 6. The van der Waals surface area contributed by atoms with E-state index in [9.17, 15) is 4.79 Å². The largest absolute Gasteiger partial charge is 0.494 e. The first kappa shape index (κ1) is 18.1. The van der Waals surface area contributed by atoms with Gasteiger partial charge in [0.15, 0.2) is 5.13 Å². The molecule has 2 aromatic heterocycles. The molecule has 10 heteroatoms. The molecular formula is C17H18ClN5O3S. The highest BCUT2D eigenvalue weighted by Gasteiger charge is 2.27. The number of benzene rings is 1. The molecule has 1 aliphatic rings. The van der Waals surface area contributed by atoms with Crippen molar-refractivity contribution >= 4 is 44.2 Å². The second kappa shape index (κ2) is 7.79. The molecule has 0 spiro atoms. The Morgan fingerprint density at radius 3 is 3.11 bits per heavy atom. The van der Waals surface area contributed by atoms with E-state index < -0.39 is 0 Å². The van der Waals surface area contributed by atoms with Crippen LogP contribution in [0.2, 0.25) is 5.02 Å². The molecule has 0 saturated carbocycles. The minimum atomic E-state index is -0.134. The van der Waals surface area contributed by atoms with Crippen LogP contribution in [0.4, 0.5) is 5.13 Å². The van der Waals surface area contributed by atoms with Gasteiger partial charge in [-0.15, -0.1) is 0 Å². The van der Waals surface area contributed by atoms with Crippen molar-refractivity contribution in [2.45, 2.75) is 25.5 Å². The van der Waals surface area contributed by atoms with Gasteiger partial charge in [0.05, 0.1) is 29.5 Å². The third-order valence-corrected chi connectivity index (χ3v) is 5.91. The van der Waals surface area contributed by atoms with Crippen LogP contribution in [-0.2, 0) is 16.1 Å². The van der Waals surface area contributed by atoms with Crippen molar-refractivity contribution in [3.8, 4) is 5.75 Å². The molecular weight excluding hydrogens is 390 g/mol. The number of hydrogen-bond donors (Lipinski definition) is 0. The van der Waals surface area contributed by atoms with Gasteiger partial charge in [0.2, 0.25) is 0 Å². The van der Waals surface area contributed by atoms with Gasteiger partial charge >= 0.3 is 0 Å². The van der Waals surface area contributed by atoms with E-state index in [1.807, 2.05) is 0 Å². The maximum Gasteiger partial charge on any atom is 0.250 e. The smallest absolute Gasteiger partial charge is 0.250 e. The Morgan fingerprint density at radius 1 is 1.52 bits per heavy atom. The number of hydrogen-bond acceptors (Lipinski definition) is 7. The first-order chi connectivity index (χ1) is 13.2. The lowest BCUT2D eigenvalue weighted by molar-refractivity contribution is -0.119. The predicted octanol–water partition coefficient (Wildman–Crippen LogP) is 2.76. The van der Waals surface area contributed by atoms with Crippen LogP contribution in [0.25, 0.3) is 10.2 Å². The molecule has 27 heavy (non-hydrogen) atoms. The molecule has 8 nitrogen and oxygen atoms in total. The summed E-state index contributed by atoms with van der Waals surface area (Å²) in [4.78, 5) is 23.2. The summed E-state index contributed by atoms with van der Waals surface area (Å²) in [5.41, 5.74) is 0.649. The third-order valence-electron chi connectivity index (χ3n) is 4.37. The lowest BCUT2D eigenvalue weighted by atomic mass is 10.2. The topological polar surface area (TPSA) is 82.4 Å². The van der Waals surface area contributed by atoms with Crippen LogP contribution in [0.1, 0.15) is 12.8 Å². The van der Waals surface area contributed by atoms with Crippen molar-refractivity contribution < 1.29 is 14.3 Å². The Balaban J connectivity index is 1.69. The highest BCUT2D eigenvalue weighted by atomic mass is 35.5. The molecule has 1 aliphatic heterocycles. The Labute approximate surface area is 164 Å². The summed E-state index contributed by atoms with van der Waals surface area (Å²) in [7, 11) is 1.59. The number of carbonyl (C=O) groups is 1. The van der Waals surface area contributed by atoms with Crippen molar-refractivity contribution in [2.24, 2.45) is 0 Å². The summed E-state index contributed by atoms with van der Waals surface area (Å²) in [6.45, 7) is 1.23. The van der Waals surface area contributed by atoms with Crippen molar-refractivity contribution in [3.05, 3.63) is 29.8 Å². The van der Waals surface area contributed by atoms with Crippen LogP contribution in [-0.4, -0.2) is 52.0 Å². The highest BCUT2D eigenvalue weighted by molar-refractivity contribution is 7.23. The second-order valence-electron chi connectivity index (χ2n) is 6.16. The molecule has 0 bridgehead atoms. The van der Waals surface area contributed by atoms with Gasteiger partial charge in [0.1, 0.15) is 30.5 Å². The van der Waals surface area contributed by atoms with Gasteiger partial charge in [-0.2, -0.15) is 5.10 Å². The molecule has 1 unspecified atom stereocenters. The number of fused-ring (bicyclic) bond motifs is 1. The summed E-state index contributed by atoms with van der Waals surface area (Å²) < 4.78 is 13.4. The molecule has 3 heterocycles. The summed E-state index contributed by atoms with van der Waals surface area (Å²) in [6, 6.07) is 3.54. The van der Waals surface area contributed by atoms with E-state index in [-0.39, 0.29) is 18.6 Å². The lowest BCUT2D eigenvalue weighted by Gasteiger charge is -2.22. The van der Waals surface area contributed by atoms with E-state index in [1.54, 1.807) is 24.1 Å². The number of nitrogens with zero attached hydrogens (tertiary/aromatic N) is 5. The van der Waals surface area contributed by atoms with Crippen molar-refractivity contribution in [1.29, 1.82) is 0 Å². The van der Waals surface area contributed by atoms with Gasteiger partial charge in [0, 0.05) is 6.61 Å². The van der Waals surface area contributed by atoms with Gasteiger partial charge in [-0.05, 0) is 25.0 Å². The molecule has 0 N–H and O–H groups in total. The summed E-state index contributed by atoms with van der Waals surface area (Å²) >= 11 is 7.70. The van der Waals surface area contributed by atoms with Gasteiger partial charge in [-0.1, -0.05) is 22.9 Å². The SMILES string of the molecule is COc1ccc(Cl)c2sc(N(CC3CCCO3)C(=O)Cn3cncn3)nc12. The second-order valence-corrected chi connectivity index (χ2v) is 7.54. The number of halogens is 1. The Kier molecular flexibility index (Phi) is 5.24. The highest BCUT2D eigenvalue weighted by Crippen LogP contribution is 2.39. The molecule has 1 atom stereocenters. The first-order valence-corrected chi connectivity index (χ1v) is 9.72. The van der Waals surface area contributed by atoms with E-state index in [0.717, 1.165) is 24.1 Å². The Morgan fingerprint density at radius 2 is 2.41 bits per heavy atom. The molecule has 0 radical (unpaired) electrons. The zero-order valence-electron chi connectivity index (χ0n) is 14.7. The number of methoxy groups -OCH3 is 1. The van der Waals surface area contributed by atoms with Crippen LogP contribution in [0.5, 0.6) is 5.75 Å². The third kappa shape index (κ3) is 3.76. The molecule has 4 rings (SSSR count). The molecule has 1 amide bonds. The minimum Gasteiger partial charge on any atom is -0.494 e. The summed E-state index contributed by atoms with van der Waals surface area (Å²) in [5.74, 6) is 0.489. The summed E-state index contributed by atoms with van der Waals surface area (Å²) in [5, 5.41) is 5.16. The van der Waals surface area contributed by atoms with Gasteiger partial charge in [-0.3, -0.25) is 9.69 Å². The van der Waals surface area contributed by atoms with Crippen LogP contribution < -0.4 is 9.64 Å². The number of anilines is 1. The van der Waals surface area contributed by atoms with Crippen LogP contribution >= 0.6 is 22.9 Å². The van der Waals surface area contributed by atoms with Crippen molar-refractivity contribution in [2.75, 3.05) is 25.2 Å². The fraction of sp³-hybridized carbons (Fsp3) is 0.412. The predicted molar refractivity (Wildman–Crippen MR) is 103 cm³/mol. The number of ether oxygens (including phenoxy) is 2. The average molecular weight is 408 g/mol. The zero-order valence-corrected chi connectivity index (χ0v) is 16.2. The quantitative estimate of drug-likeness (QED) is 0.624. The van der Waals surface area contributed by atoms with E-state index in [1.165, 1.54) is 28.7 Å². The number of carbonyl (C=O) groups excluding carboxylic acids is 1.